The van der Waals surface area contributed by atoms with Gasteiger partial charge in [0.1, 0.15) is 5.82 Å². The summed E-state index contributed by atoms with van der Waals surface area (Å²) in [5.74, 6) is 0.253. The average Bonchev–Trinajstić information content (AvgIpc) is 2.66. The Morgan fingerprint density at radius 2 is 1.92 bits per heavy atom. The molecule has 2 N–H and O–H groups in total. The van der Waals surface area contributed by atoms with Gasteiger partial charge in [0, 0.05) is 35.4 Å². The lowest BCUT2D eigenvalue weighted by Gasteiger charge is -2.14. The molecular weight excluding hydrogens is 371 g/mol. The molecule has 0 fully saturated rings. The van der Waals surface area contributed by atoms with E-state index in [1.807, 2.05) is 30.3 Å². The molecule has 0 aliphatic heterocycles. The van der Waals surface area contributed by atoms with E-state index in [1.54, 1.807) is 18.3 Å². The highest BCUT2D eigenvalue weighted by Gasteiger charge is 2.10. The Bertz CT molecular complexity index is 961. The maximum Gasteiger partial charge on any atom is 0.247 e. The first-order chi connectivity index (χ1) is 12.6. The van der Waals surface area contributed by atoms with E-state index in [4.69, 9.17) is 23.2 Å². The minimum atomic E-state index is -0.288. The van der Waals surface area contributed by atoms with Crippen LogP contribution in [-0.4, -0.2) is 15.9 Å². The van der Waals surface area contributed by atoms with Crippen LogP contribution < -0.4 is 10.6 Å². The summed E-state index contributed by atoms with van der Waals surface area (Å²) >= 11 is 12.0. The van der Waals surface area contributed by atoms with Gasteiger partial charge in [0.2, 0.25) is 5.91 Å². The Balaban J connectivity index is 2.01. The van der Waals surface area contributed by atoms with Crippen molar-refractivity contribution < 1.29 is 4.79 Å². The Labute approximate surface area is 160 Å². The largest absolute Gasteiger partial charge is 0.340 e. The zero-order valence-corrected chi connectivity index (χ0v) is 15.1. The van der Waals surface area contributed by atoms with Crippen molar-refractivity contribution in [1.29, 1.82) is 0 Å². The molecule has 130 valence electrons. The third kappa shape index (κ3) is 4.20. The molecule has 0 radical (unpaired) electrons. The molecule has 0 aliphatic rings. The van der Waals surface area contributed by atoms with E-state index in [9.17, 15) is 4.79 Å². The van der Waals surface area contributed by atoms with Crippen LogP contribution in [-0.2, 0) is 4.79 Å². The highest BCUT2D eigenvalue weighted by atomic mass is 35.5. The van der Waals surface area contributed by atoms with Crippen LogP contribution in [0.25, 0.3) is 11.3 Å². The number of pyridine rings is 2. The molecule has 0 unspecified atom stereocenters. The van der Waals surface area contributed by atoms with E-state index in [-0.39, 0.29) is 5.91 Å². The first kappa shape index (κ1) is 17.9. The summed E-state index contributed by atoms with van der Waals surface area (Å²) in [7, 11) is 0. The SMILES string of the molecule is C=CC(=O)Nc1ccc(Nc2cc(Cl)c(Cl)cn2)c(-c2ccccn2)c1. The Hall–Kier alpha value is -2.89. The molecule has 0 bridgehead atoms. The monoisotopic (exact) mass is 384 g/mol. The molecule has 0 spiro atoms. The molecule has 26 heavy (non-hydrogen) atoms. The minimum Gasteiger partial charge on any atom is -0.340 e. The second-order valence-corrected chi connectivity index (χ2v) is 6.09. The first-order valence-electron chi connectivity index (χ1n) is 7.64. The molecule has 7 heteroatoms. The highest BCUT2D eigenvalue weighted by Crippen LogP contribution is 2.32. The van der Waals surface area contributed by atoms with Crippen LogP contribution in [0, 0.1) is 0 Å². The maximum absolute atomic E-state index is 11.6. The highest BCUT2D eigenvalue weighted by molar-refractivity contribution is 6.42. The van der Waals surface area contributed by atoms with Crippen LogP contribution in [0.4, 0.5) is 17.2 Å². The average molecular weight is 385 g/mol. The first-order valence-corrected chi connectivity index (χ1v) is 8.39. The van der Waals surface area contributed by atoms with E-state index in [0.717, 1.165) is 16.9 Å². The summed E-state index contributed by atoms with van der Waals surface area (Å²) in [6, 6.07) is 12.7. The van der Waals surface area contributed by atoms with Gasteiger partial charge in [-0.2, -0.15) is 0 Å². The topological polar surface area (TPSA) is 66.9 Å². The number of halogens is 2. The standard InChI is InChI=1S/C19H14Cl2N4O/c1-2-19(26)24-12-6-7-17(13(9-12)16-5-3-4-8-22-16)25-18-10-14(20)15(21)11-23-18/h2-11H,1H2,(H,23,25)(H,24,26). The second kappa shape index (κ2) is 7.99. The summed E-state index contributed by atoms with van der Waals surface area (Å²) < 4.78 is 0. The maximum atomic E-state index is 11.6. The van der Waals surface area contributed by atoms with Gasteiger partial charge in [0.25, 0.3) is 0 Å². The lowest BCUT2D eigenvalue weighted by Crippen LogP contribution is -2.07. The minimum absolute atomic E-state index is 0.288. The summed E-state index contributed by atoms with van der Waals surface area (Å²) in [6.45, 7) is 3.46. The Kier molecular flexibility index (Phi) is 5.51. The summed E-state index contributed by atoms with van der Waals surface area (Å²) in [4.78, 5) is 20.2. The molecule has 5 nitrogen and oxygen atoms in total. The van der Waals surface area contributed by atoms with Crippen molar-refractivity contribution in [2.75, 3.05) is 10.6 Å². The number of benzene rings is 1. The zero-order valence-electron chi connectivity index (χ0n) is 13.5. The molecular formula is C19H14Cl2N4O. The van der Waals surface area contributed by atoms with Gasteiger partial charge in [-0.15, -0.1) is 0 Å². The smallest absolute Gasteiger partial charge is 0.247 e. The fraction of sp³-hybridized carbons (Fsp3) is 0. The van der Waals surface area contributed by atoms with Crippen LogP contribution in [0.5, 0.6) is 0 Å². The number of nitrogens with one attached hydrogen (secondary N) is 2. The van der Waals surface area contributed by atoms with Crippen LogP contribution in [0.1, 0.15) is 0 Å². The number of rotatable bonds is 5. The lowest BCUT2D eigenvalue weighted by molar-refractivity contribution is -0.111. The molecule has 3 aromatic rings. The summed E-state index contributed by atoms with van der Waals surface area (Å²) in [5, 5.41) is 6.73. The van der Waals surface area contributed by atoms with Gasteiger partial charge in [0.05, 0.1) is 15.7 Å². The molecule has 2 aromatic heterocycles. The van der Waals surface area contributed by atoms with Crippen molar-refractivity contribution in [3.05, 3.63) is 77.6 Å². The number of anilines is 3. The quantitative estimate of drug-likeness (QED) is 0.584. The van der Waals surface area contributed by atoms with E-state index in [1.165, 1.54) is 12.3 Å². The molecule has 2 heterocycles. The fourth-order valence-corrected chi connectivity index (χ4v) is 2.53. The molecule has 0 saturated heterocycles. The van der Waals surface area contributed by atoms with Gasteiger partial charge in [-0.05, 0) is 36.4 Å². The molecule has 1 aromatic carbocycles. The van der Waals surface area contributed by atoms with Crippen LogP contribution in [0.3, 0.4) is 0 Å². The number of carbonyl (C=O) groups excluding carboxylic acids is 1. The van der Waals surface area contributed by atoms with Gasteiger partial charge in [-0.25, -0.2) is 4.98 Å². The summed E-state index contributed by atoms with van der Waals surface area (Å²) in [6.07, 6.45) is 4.39. The van der Waals surface area contributed by atoms with E-state index >= 15 is 0 Å². The van der Waals surface area contributed by atoms with E-state index < -0.39 is 0 Å². The summed E-state index contributed by atoms with van der Waals surface area (Å²) in [5.41, 5.74) is 2.92. The Morgan fingerprint density at radius 1 is 1.08 bits per heavy atom. The van der Waals surface area contributed by atoms with Crippen molar-refractivity contribution in [3.63, 3.8) is 0 Å². The second-order valence-electron chi connectivity index (χ2n) is 5.28. The number of hydrogen-bond acceptors (Lipinski definition) is 4. The Morgan fingerprint density at radius 3 is 2.62 bits per heavy atom. The van der Waals surface area contributed by atoms with Gasteiger partial charge in [0.15, 0.2) is 0 Å². The van der Waals surface area contributed by atoms with Gasteiger partial charge in [-0.3, -0.25) is 9.78 Å². The number of carbonyl (C=O) groups is 1. The fourth-order valence-electron chi connectivity index (χ4n) is 2.28. The molecule has 3 rings (SSSR count). The number of hydrogen-bond donors (Lipinski definition) is 2. The number of amides is 1. The third-order valence-electron chi connectivity index (χ3n) is 3.48. The molecule has 1 amide bonds. The lowest BCUT2D eigenvalue weighted by atomic mass is 10.1. The zero-order chi connectivity index (χ0) is 18.5. The third-order valence-corrected chi connectivity index (χ3v) is 4.20. The number of aromatic nitrogens is 2. The van der Waals surface area contributed by atoms with Crippen molar-refractivity contribution >= 4 is 46.3 Å². The van der Waals surface area contributed by atoms with Crippen molar-refractivity contribution in [1.82, 2.24) is 9.97 Å². The van der Waals surface area contributed by atoms with Crippen molar-refractivity contribution in [2.45, 2.75) is 0 Å². The van der Waals surface area contributed by atoms with Crippen LogP contribution in [0.2, 0.25) is 10.0 Å². The van der Waals surface area contributed by atoms with Crippen LogP contribution >= 0.6 is 23.2 Å². The predicted molar refractivity (Wildman–Crippen MR) is 106 cm³/mol. The molecule has 0 saturated carbocycles. The molecule has 0 aliphatic carbocycles. The van der Waals surface area contributed by atoms with E-state index in [0.29, 0.717) is 21.6 Å². The molecule has 0 atom stereocenters. The van der Waals surface area contributed by atoms with E-state index in [2.05, 4.69) is 27.2 Å². The number of nitrogens with zero attached hydrogens (tertiary/aromatic N) is 2. The normalized spacial score (nSPS) is 10.2. The van der Waals surface area contributed by atoms with Gasteiger partial charge in [-0.1, -0.05) is 35.8 Å². The van der Waals surface area contributed by atoms with Crippen molar-refractivity contribution in [2.24, 2.45) is 0 Å². The predicted octanol–water partition coefficient (Wildman–Crippen LogP) is 5.32. The van der Waals surface area contributed by atoms with Gasteiger partial charge >= 0.3 is 0 Å². The van der Waals surface area contributed by atoms with Gasteiger partial charge < -0.3 is 10.6 Å². The van der Waals surface area contributed by atoms with Crippen LogP contribution in [0.15, 0.2) is 67.5 Å². The van der Waals surface area contributed by atoms with Crippen molar-refractivity contribution in [3.8, 4) is 11.3 Å².